The van der Waals surface area contributed by atoms with E-state index in [9.17, 15) is 0 Å². The van der Waals surface area contributed by atoms with Crippen molar-refractivity contribution in [2.24, 2.45) is 0 Å². The van der Waals surface area contributed by atoms with Crippen LogP contribution in [0.4, 0.5) is 0 Å². The highest BCUT2D eigenvalue weighted by Gasteiger charge is 2.24. The van der Waals surface area contributed by atoms with E-state index in [0.717, 1.165) is 13.2 Å². The third-order valence-electron chi connectivity index (χ3n) is 2.86. The van der Waals surface area contributed by atoms with Crippen LogP contribution in [-0.4, -0.2) is 42.6 Å². The summed E-state index contributed by atoms with van der Waals surface area (Å²) >= 11 is 5.80. The Morgan fingerprint density at radius 3 is 2.86 bits per heavy atom. The molecule has 0 aliphatic carbocycles. The zero-order valence-electron chi connectivity index (χ0n) is 9.34. The van der Waals surface area contributed by atoms with Crippen molar-refractivity contribution in [3.63, 3.8) is 0 Å². The number of hydrogen-bond donors (Lipinski definition) is 0. The Balaban J connectivity index is 2.25. The van der Waals surface area contributed by atoms with E-state index in [1.807, 2.05) is 0 Å². The number of hydrogen-bond acceptors (Lipinski definition) is 2. The third kappa shape index (κ3) is 3.76. The Kier molecular flexibility index (Phi) is 5.83. The van der Waals surface area contributed by atoms with Crippen LogP contribution in [0.1, 0.15) is 33.1 Å². The lowest BCUT2D eigenvalue weighted by atomic mass is 10.1. The van der Waals surface area contributed by atoms with E-state index in [0.29, 0.717) is 11.9 Å². The van der Waals surface area contributed by atoms with E-state index in [4.69, 9.17) is 16.3 Å². The number of rotatable bonds is 5. The molecule has 1 rings (SSSR count). The third-order valence-corrected chi connectivity index (χ3v) is 3.20. The molecule has 2 nitrogen and oxygen atoms in total. The molecule has 0 aromatic heterocycles. The fourth-order valence-corrected chi connectivity index (χ4v) is 2.03. The molecule has 2 unspecified atom stereocenters. The predicted molar refractivity (Wildman–Crippen MR) is 61.0 cm³/mol. The van der Waals surface area contributed by atoms with E-state index < -0.39 is 0 Å². The van der Waals surface area contributed by atoms with E-state index in [1.54, 1.807) is 0 Å². The summed E-state index contributed by atoms with van der Waals surface area (Å²) in [7, 11) is 0. The lowest BCUT2D eigenvalue weighted by Gasteiger charge is -2.37. The average Bonchev–Trinajstić information content (AvgIpc) is 2.21. The van der Waals surface area contributed by atoms with Gasteiger partial charge in [-0.1, -0.05) is 19.8 Å². The standard InChI is InChI=1S/C11H22ClNO/c1-3-4-5-6-13-8-11(7-12)14-9-10(13)2/h10-11H,3-9H2,1-2H3. The van der Waals surface area contributed by atoms with Gasteiger partial charge in [0.2, 0.25) is 0 Å². The first-order valence-electron chi connectivity index (χ1n) is 5.69. The molecule has 1 saturated heterocycles. The number of unbranched alkanes of at least 4 members (excludes halogenated alkanes) is 2. The van der Waals surface area contributed by atoms with Gasteiger partial charge in [-0.05, 0) is 19.9 Å². The summed E-state index contributed by atoms with van der Waals surface area (Å²) in [6, 6.07) is 0.561. The molecule has 1 aliphatic rings. The maximum atomic E-state index is 5.80. The molecule has 0 bridgehead atoms. The van der Waals surface area contributed by atoms with Crippen LogP contribution in [0.3, 0.4) is 0 Å². The van der Waals surface area contributed by atoms with Crippen LogP contribution in [0, 0.1) is 0 Å². The van der Waals surface area contributed by atoms with Crippen molar-refractivity contribution in [3.8, 4) is 0 Å². The zero-order chi connectivity index (χ0) is 10.4. The van der Waals surface area contributed by atoms with Gasteiger partial charge in [0.25, 0.3) is 0 Å². The van der Waals surface area contributed by atoms with Crippen molar-refractivity contribution in [1.29, 1.82) is 0 Å². The molecule has 0 amide bonds. The van der Waals surface area contributed by atoms with Crippen LogP contribution < -0.4 is 0 Å². The van der Waals surface area contributed by atoms with Crippen LogP contribution in [0.2, 0.25) is 0 Å². The van der Waals surface area contributed by atoms with Crippen molar-refractivity contribution in [3.05, 3.63) is 0 Å². The fourth-order valence-electron chi connectivity index (χ4n) is 1.84. The molecule has 84 valence electrons. The van der Waals surface area contributed by atoms with Crippen molar-refractivity contribution in [1.82, 2.24) is 4.90 Å². The molecule has 1 heterocycles. The van der Waals surface area contributed by atoms with Gasteiger partial charge in [0.05, 0.1) is 12.7 Å². The van der Waals surface area contributed by atoms with Crippen LogP contribution >= 0.6 is 11.6 Å². The first kappa shape index (κ1) is 12.3. The van der Waals surface area contributed by atoms with E-state index in [2.05, 4.69) is 18.7 Å². The molecule has 0 aromatic rings. The number of morpholine rings is 1. The number of halogens is 1. The predicted octanol–water partition coefficient (Wildman–Crippen LogP) is 2.50. The van der Waals surface area contributed by atoms with Gasteiger partial charge in [-0.25, -0.2) is 0 Å². The minimum absolute atomic E-state index is 0.245. The quantitative estimate of drug-likeness (QED) is 0.521. The molecular formula is C11H22ClNO. The highest BCUT2D eigenvalue weighted by atomic mass is 35.5. The average molecular weight is 220 g/mol. The van der Waals surface area contributed by atoms with Crippen LogP contribution in [0.5, 0.6) is 0 Å². The summed E-state index contributed by atoms with van der Waals surface area (Å²) in [6.45, 7) is 7.52. The smallest absolute Gasteiger partial charge is 0.0837 e. The van der Waals surface area contributed by atoms with Crippen molar-refractivity contribution >= 4 is 11.6 Å². The zero-order valence-corrected chi connectivity index (χ0v) is 10.1. The maximum Gasteiger partial charge on any atom is 0.0837 e. The second kappa shape index (κ2) is 6.65. The van der Waals surface area contributed by atoms with Gasteiger partial charge in [-0.2, -0.15) is 0 Å². The maximum absolute atomic E-state index is 5.80. The highest BCUT2D eigenvalue weighted by Crippen LogP contribution is 2.13. The minimum atomic E-state index is 0.245. The number of nitrogens with zero attached hydrogens (tertiary/aromatic N) is 1. The summed E-state index contributed by atoms with van der Waals surface area (Å²) in [5.74, 6) is 0.622. The van der Waals surface area contributed by atoms with Gasteiger partial charge < -0.3 is 4.74 Å². The largest absolute Gasteiger partial charge is 0.374 e. The van der Waals surface area contributed by atoms with Gasteiger partial charge >= 0.3 is 0 Å². The van der Waals surface area contributed by atoms with Gasteiger partial charge in [0.1, 0.15) is 0 Å². The molecule has 2 atom stereocenters. The van der Waals surface area contributed by atoms with Crippen LogP contribution in [0.25, 0.3) is 0 Å². The Bertz CT molecular complexity index is 154. The summed E-state index contributed by atoms with van der Waals surface area (Å²) in [6.07, 6.45) is 4.16. The van der Waals surface area contributed by atoms with E-state index in [-0.39, 0.29) is 6.10 Å². The second-order valence-corrected chi connectivity index (χ2v) is 4.47. The van der Waals surface area contributed by atoms with Gasteiger partial charge in [0, 0.05) is 18.5 Å². The molecule has 0 aromatic carbocycles. The Labute approximate surface area is 92.6 Å². The van der Waals surface area contributed by atoms with Crippen molar-refractivity contribution in [2.75, 3.05) is 25.6 Å². The second-order valence-electron chi connectivity index (χ2n) is 4.16. The molecular weight excluding hydrogens is 198 g/mol. The van der Waals surface area contributed by atoms with E-state index >= 15 is 0 Å². The summed E-state index contributed by atoms with van der Waals surface area (Å²) in [5, 5.41) is 0. The summed E-state index contributed by atoms with van der Waals surface area (Å²) in [4.78, 5) is 2.51. The Morgan fingerprint density at radius 2 is 2.21 bits per heavy atom. The minimum Gasteiger partial charge on any atom is -0.374 e. The fraction of sp³-hybridized carbons (Fsp3) is 1.00. The molecule has 14 heavy (non-hydrogen) atoms. The molecule has 1 fully saturated rings. The lowest BCUT2D eigenvalue weighted by Crippen LogP contribution is -2.49. The molecule has 3 heteroatoms. The monoisotopic (exact) mass is 219 g/mol. The Hall–Kier alpha value is 0.210. The first-order valence-corrected chi connectivity index (χ1v) is 6.23. The van der Waals surface area contributed by atoms with Crippen molar-refractivity contribution in [2.45, 2.75) is 45.3 Å². The molecule has 0 spiro atoms. The van der Waals surface area contributed by atoms with Gasteiger partial charge in [-0.15, -0.1) is 11.6 Å². The normalized spacial score (nSPS) is 29.4. The van der Waals surface area contributed by atoms with E-state index in [1.165, 1.54) is 25.8 Å². The highest BCUT2D eigenvalue weighted by molar-refractivity contribution is 6.18. The SMILES string of the molecule is CCCCCN1CC(CCl)OCC1C. The molecule has 1 aliphatic heterocycles. The van der Waals surface area contributed by atoms with Gasteiger partial charge in [-0.3, -0.25) is 4.90 Å². The molecule has 0 N–H and O–H groups in total. The van der Waals surface area contributed by atoms with Crippen LogP contribution in [-0.2, 0) is 4.74 Å². The summed E-state index contributed by atoms with van der Waals surface area (Å²) in [5.41, 5.74) is 0. The van der Waals surface area contributed by atoms with Gasteiger partial charge in [0.15, 0.2) is 0 Å². The lowest BCUT2D eigenvalue weighted by molar-refractivity contribution is -0.0480. The molecule has 0 saturated carbocycles. The number of alkyl halides is 1. The topological polar surface area (TPSA) is 12.5 Å². The molecule has 0 radical (unpaired) electrons. The van der Waals surface area contributed by atoms with Crippen molar-refractivity contribution < 1.29 is 4.74 Å². The number of ether oxygens (including phenoxy) is 1. The van der Waals surface area contributed by atoms with Crippen LogP contribution in [0.15, 0.2) is 0 Å². The Morgan fingerprint density at radius 1 is 1.43 bits per heavy atom. The first-order chi connectivity index (χ1) is 6.77. The summed E-state index contributed by atoms with van der Waals surface area (Å²) < 4.78 is 5.60.